The molecule has 1 aliphatic rings. The van der Waals surface area contributed by atoms with Crippen LogP contribution < -0.4 is 15.2 Å². The van der Waals surface area contributed by atoms with Gasteiger partial charge in [-0.15, -0.1) is 0 Å². The molecule has 106 valence electrons. The summed E-state index contributed by atoms with van der Waals surface area (Å²) in [5.41, 5.74) is 5.31. The lowest BCUT2D eigenvalue weighted by molar-refractivity contribution is 0.0662. The molecular weight excluding hydrogens is 242 g/mol. The summed E-state index contributed by atoms with van der Waals surface area (Å²) < 4.78 is 11.3. The minimum atomic E-state index is -1.04. The van der Waals surface area contributed by atoms with E-state index in [1.807, 2.05) is 18.2 Å². The van der Waals surface area contributed by atoms with Gasteiger partial charge in [-0.3, -0.25) is 0 Å². The maximum absolute atomic E-state index is 10.2. The average Bonchev–Trinajstić information content (AvgIpc) is 2.91. The van der Waals surface area contributed by atoms with Gasteiger partial charge in [-0.25, -0.2) is 0 Å². The average molecular weight is 265 g/mol. The van der Waals surface area contributed by atoms with Crippen LogP contribution in [0.5, 0.6) is 11.5 Å². The van der Waals surface area contributed by atoms with E-state index in [4.69, 9.17) is 15.2 Å². The van der Waals surface area contributed by atoms with E-state index in [0.29, 0.717) is 11.5 Å². The quantitative estimate of drug-likeness (QED) is 0.856. The van der Waals surface area contributed by atoms with Crippen molar-refractivity contribution in [2.24, 2.45) is 5.73 Å². The van der Waals surface area contributed by atoms with E-state index in [9.17, 15) is 5.11 Å². The fourth-order valence-electron chi connectivity index (χ4n) is 2.41. The van der Waals surface area contributed by atoms with Crippen LogP contribution in [0, 0.1) is 0 Å². The lowest BCUT2D eigenvalue weighted by Crippen LogP contribution is -2.31. The van der Waals surface area contributed by atoms with E-state index < -0.39 is 5.60 Å². The number of ether oxygens (including phenoxy) is 2. The van der Waals surface area contributed by atoms with Gasteiger partial charge in [0.05, 0.1) is 18.8 Å². The molecule has 3 N–H and O–H groups in total. The van der Waals surface area contributed by atoms with Gasteiger partial charge in [-0.1, -0.05) is 6.07 Å². The topological polar surface area (TPSA) is 64.7 Å². The van der Waals surface area contributed by atoms with Gasteiger partial charge < -0.3 is 20.3 Å². The smallest absolute Gasteiger partial charge is 0.161 e. The number of hydrogen-bond acceptors (Lipinski definition) is 4. The van der Waals surface area contributed by atoms with Crippen molar-refractivity contribution >= 4 is 0 Å². The summed E-state index contributed by atoms with van der Waals surface area (Å²) in [4.78, 5) is 0. The number of aliphatic hydroxyl groups is 1. The molecule has 0 aromatic heterocycles. The second kappa shape index (κ2) is 5.80. The highest BCUT2D eigenvalue weighted by atomic mass is 16.5. The van der Waals surface area contributed by atoms with Crippen molar-refractivity contribution < 1.29 is 14.6 Å². The first-order valence-corrected chi connectivity index (χ1v) is 6.84. The molecule has 1 atom stereocenters. The number of hydrogen-bond donors (Lipinski definition) is 2. The third-order valence-corrected chi connectivity index (χ3v) is 3.78. The second-order valence-corrected chi connectivity index (χ2v) is 5.37. The zero-order valence-corrected chi connectivity index (χ0v) is 11.7. The summed E-state index contributed by atoms with van der Waals surface area (Å²) in [6.07, 6.45) is 4.86. The van der Waals surface area contributed by atoms with Crippen molar-refractivity contribution in [3.8, 4) is 11.5 Å². The molecule has 1 aromatic carbocycles. The van der Waals surface area contributed by atoms with Crippen LogP contribution in [0.15, 0.2) is 18.2 Å². The molecule has 0 heterocycles. The van der Waals surface area contributed by atoms with Crippen LogP contribution in [0.1, 0.15) is 38.2 Å². The van der Waals surface area contributed by atoms with Crippen LogP contribution in [-0.2, 0) is 5.60 Å². The number of benzene rings is 1. The lowest BCUT2D eigenvalue weighted by Gasteiger charge is -2.24. The molecule has 0 spiro atoms. The van der Waals surface area contributed by atoms with Gasteiger partial charge in [-0.05, 0) is 50.3 Å². The van der Waals surface area contributed by atoms with Gasteiger partial charge in [0.1, 0.15) is 0 Å². The fourth-order valence-corrected chi connectivity index (χ4v) is 2.41. The molecule has 0 bridgehead atoms. The number of methoxy groups -OCH3 is 1. The Morgan fingerprint density at radius 1 is 1.32 bits per heavy atom. The van der Waals surface area contributed by atoms with Gasteiger partial charge >= 0.3 is 0 Å². The highest BCUT2D eigenvalue weighted by Crippen LogP contribution is 2.34. The molecule has 0 amide bonds. The van der Waals surface area contributed by atoms with E-state index in [1.54, 1.807) is 14.0 Å². The summed E-state index contributed by atoms with van der Waals surface area (Å²) in [7, 11) is 1.62. The van der Waals surface area contributed by atoms with Crippen molar-refractivity contribution in [3.05, 3.63) is 23.8 Å². The first-order valence-electron chi connectivity index (χ1n) is 6.84. The third kappa shape index (κ3) is 3.19. The van der Waals surface area contributed by atoms with Crippen molar-refractivity contribution in [2.45, 2.75) is 44.3 Å². The predicted molar refractivity (Wildman–Crippen MR) is 74.5 cm³/mol. The number of nitrogens with two attached hydrogens (primary N) is 1. The first-order chi connectivity index (χ1) is 9.06. The zero-order valence-electron chi connectivity index (χ0n) is 11.7. The molecular formula is C15H23NO3. The Morgan fingerprint density at radius 2 is 2.00 bits per heavy atom. The van der Waals surface area contributed by atoms with Crippen LogP contribution >= 0.6 is 0 Å². The third-order valence-electron chi connectivity index (χ3n) is 3.78. The molecule has 0 radical (unpaired) electrons. The molecule has 19 heavy (non-hydrogen) atoms. The Balaban J connectivity index is 2.25. The van der Waals surface area contributed by atoms with Crippen LogP contribution in [-0.4, -0.2) is 24.9 Å². The highest BCUT2D eigenvalue weighted by molar-refractivity contribution is 5.44. The summed E-state index contributed by atoms with van der Waals surface area (Å²) in [6, 6.07) is 5.49. The summed E-state index contributed by atoms with van der Waals surface area (Å²) in [5, 5.41) is 10.2. The predicted octanol–water partition coefficient (Wildman–Crippen LogP) is 2.18. The molecule has 1 fully saturated rings. The molecule has 1 aromatic rings. The fraction of sp³-hybridized carbons (Fsp3) is 0.600. The zero-order chi connectivity index (χ0) is 13.9. The summed E-state index contributed by atoms with van der Waals surface area (Å²) in [5.74, 6) is 1.39. The van der Waals surface area contributed by atoms with Crippen molar-refractivity contribution in [3.63, 3.8) is 0 Å². The lowest BCUT2D eigenvalue weighted by atomic mass is 9.96. The Labute approximate surface area is 114 Å². The van der Waals surface area contributed by atoms with Crippen LogP contribution in [0.2, 0.25) is 0 Å². The van der Waals surface area contributed by atoms with Crippen molar-refractivity contribution in [1.29, 1.82) is 0 Å². The van der Waals surface area contributed by atoms with Crippen molar-refractivity contribution in [2.75, 3.05) is 13.7 Å². The first kappa shape index (κ1) is 14.2. The SMILES string of the molecule is COc1ccc(C(C)(O)CN)cc1OC1CCCC1. The van der Waals surface area contributed by atoms with Gasteiger partial charge in [0.2, 0.25) is 0 Å². The Hall–Kier alpha value is -1.26. The summed E-state index contributed by atoms with van der Waals surface area (Å²) >= 11 is 0. The van der Waals surface area contributed by atoms with Gasteiger partial charge in [-0.2, -0.15) is 0 Å². The molecule has 0 saturated heterocycles. The molecule has 0 aliphatic heterocycles. The summed E-state index contributed by atoms with van der Waals surface area (Å²) in [6.45, 7) is 1.87. The van der Waals surface area contributed by atoms with Gasteiger partial charge in [0, 0.05) is 6.54 Å². The molecule has 1 aliphatic carbocycles. The minimum absolute atomic E-state index is 0.169. The van der Waals surface area contributed by atoms with Gasteiger partial charge in [0.15, 0.2) is 11.5 Å². The normalized spacial score (nSPS) is 19.2. The van der Waals surface area contributed by atoms with Crippen molar-refractivity contribution in [1.82, 2.24) is 0 Å². The number of rotatable bonds is 5. The largest absolute Gasteiger partial charge is 0.493 e. The monoisotopic (exact) mass is 265 g/mol. The van der Waals surface area contributed by atoms with Crippen LogP contribution in [0.4, 0.5) is 0 Å². The maximum Gasteiger partial charge on any atom is 0.161 e. The van der Waals surface area contributed by atoms with E-state index in [1.165, 1.54) is 12.8 Å². The molecule has 4 nitrogen and oxygen atoms in total. The molecule has 1 saturated carbocycles. The van der Waals surface area contributed by atoms with E-state index in [2.05, 4.69) is 0 Å². The maximum atomic E-state index is 10.2. The van der Waals surface area contributed by atoms with Crippen LogP contribution in [0.3, 0.4) is 0 Å². The second-order valence-electron chi connectivity index (χ2n) is 5.37. The Kier molecular flexibility index (Phi) is 4.32. The van der Waals surface area contributed by atoms with Crippen LogP contribution in [0.25, 0.3) is 0 Å². The van der Waals surface area contributed by atoms with E-state index >= 15 is 0 Å². The van der Waals surface area contributed by atoms with E-state index in [0.717, 1.165) is 18.4 Å². The Morgan fingerprint density at radius 3 is 2.58 bits per heavy atom. The Bertz CT molecular complexity index is 425. The standard InChI is InChI=1S/C15H23NO3/c1-15(17,10-16)11-7-8-13(18-2)14(9-11)19-12-5-3-4-6-12/h7-9,12,17H,3-6,10,16H2,1-2H3. The van der Waals surface area contributed by atoms with Gasteiger partial charge in [0.25, 0.3) is 0 Å². The molecule has 1 unspecified atom stereocenters. The van der Waals surface area contributed by atoms with E-state index in [-0.39, 0.29) is 12.6 Å². The highest BCUT2D eigenvalue weighted by Gasteiger charge is 2.24. The molecule has 4 heteroatoms. The molecule has 2 rings (SSSR count). The minimum Gasteiger partial charge on any atom is -0.493 e.